The molecule has 0 spiro atoms. The molecular formula is C19H24N6. The van der Waals surface area contributed by atoms with Gasteiger partial charge in [-0.15, -0.1) is 0 Å². The van der Waals surface area contributed by atoms with E-state index >= 15 is 0 Å². The van der Waals surface area contributed by atoms with E-state index in [0.29, 0.717) is 0 Å². The number of nitrogens with zero attached hydrogens (tertiary/aromatic N) is 4. The Morgan fingerprint density at radius 1 is 0.880 bits per heavy atom. The number of nitrogens with one attached hydrogen (secondary N) is 2. The molecule has 2 N–H and O–H groups in total. The molecule has 2 saturated heterocycles. The summed E-state index contributed by atoms with van der Waals surface area (Å²) < 4.78 is 0. The number of piperazine rings is 1. The lowest BCUT2D eigenvalue weighted by molar-refractivity contribution is 0.574. The summed E-state index contributed by atoms with van der Waals surface area (Å²) >= 11 is 0. The van der Waals surface area contributed by atoms with Crippen LogP contribution in [0, 0.1) is 0 Å². The second-order valence-corrected chi connectivity index (χ2v) is 7.06. The first-order valence-corrected chi connectivity index (χ1v) is 9.37. The van der Waals surface area contributed by atoms with E-state index in [0.717, 1.165) is 56.3 Å². The molecule has 0 atom stereocenters. The second-order valence-electron chi connectivity index (χ2n) is 7.06. The summed E-state index contributed by atoms with van der Waals surface area (Å²) in [6, 6.07) is 6.75. The number of piperidine rings is 1. The molecule has 0 aliphatic carbocycles. The van der Waals surface area contributed by atoms with Crippen molar-refractivity contribution < 1.29 is 0 Å². The Bertz CT molecular complexity index is 889. The number of hydrogen-bond acceptors (Lipinski definition) is 5. The highest BCUT2D eigenvalue weighted by atomic mass is 15.2. The first-order chi connectivity index (χ1) is 12.4. The third-order valence-corrected chi connectivity index (χ3v) is 5.49. The quantitative estimate of drug-likeness (QED) is 0.753. The van der Waals surface area contributed by atoms with Gasteiger partial charge < -0.3 is 20.1 Å². The van der Waals surface area contributed by atoms with Crippen LogP contribution in [0.2, 0.25) is 0 Å². The molecule has 6 nitrogen and oxygen atoms in total. The molecule has 2 fully saturated rings. The van der Waals surface area contributed by atoms with E-state index in [9.17, 15) is 0 Å². The molecule has 0 unspecified atom stereocenters. The zero-order valence-corrected chi connectivity index (χ0v) is 14.5. The van der Waals surface area contributed by atoms with Crippen molar-refractivity contribution >= 4 is 33.4 Å². The lowest BCUT2D eigenvalue weighted by Crippen LogP contribution is -2.43. The van der Waals surface area contributed by atoms with Gasteiger partial charge in [-0.25, -0.2) is 9.97 Å². The lowest BCUT2D eigenvalue weighted by Gasteiger charge is -2.29. The normalized spacial score (nSPS) is 19.0. The van der Waals surface area contributed by atoms with E-state index in [2.05, 4.69) is 48.3 Å². The summed E-state index contributed by atoms with van der Waals surface area (Å²) in [4.78, 5) is 17.5. The van der Waals surface area contributed by atoms with Crippen LogP contribution in [0.4, 0.5) is 11.5 Å². The molecule has 2 aliphatic rings. The zero-order valence-electron chi connectivity index (χ0n) is 14.5. The predicted octanol–water partition coefficient (Wildman–Crippen LogP) is 2.51. The smallest absolute Gasteiger partial charge is 0.143 e. The summed E-state index contributed by atoms with van der Waals surface area (Å²) in [5, 5.41) is 5.82. The maximum atomic E-state index is 4.64. The number of fused-ring (bicyclic) bond motifs is 3. The number of hydrogen-bond donors (Lipinski definition) is 2. The number of aromatic amines is 1. The first-order valence-electron chi connectivity index (χ1n) is 9.37. The molecular weight excluding hydrogens is 312 g/mol. The van der Waals surface area contributed by atoms with Crippen molar-refractivity contribution in [2.24, 2.45) is 0 Å². The van der Waals surface area contributed by atoms with E-state index in [4.69, 9.17) is 0 Å². The standard InChI is InChI=1S/C19H24N6/c1-2-8-25(9-3-1)19-17-15-5-4-14(24-10-6-20-7-11-24)12-16(15)23-18(17)21-13-22-19/h4-5,12-13,20H,1-3,6-11H2,(H,21,22,23). The van der Waals surface area contributed by atoms with Crippen LogP contribution in [0.1, 0.15) is 19.3 Å². The predicted molar refractivity (Wildman–Crippen MR) is 103 cm³/mol. The van der Waals surface area contributed by atoms with Crippen molar-refractivity contribution in [1.82, 2.24) is 20.3 Å². The topological polar surface area (TPSA) is 60.1 Å². The van der Waals surface area contributed by atoms with Crippen LogP contribution in [0.3, 0.4) is 0 Å². The molecule has 0 radical (unpaired) electrons. The monoisotopic (exact) mass is 336 g/mol. The molecule has 25 heavy (non-hydrogen) atoms. The fourth-order valence-electron chi connectivity index (χ4n) is 4.17. The van der Waals surface area contributed by atoms with Gasteiger partial charge in [0.15, 0.2) is 0 Å². The van der Waals surface area contributed by atoms with Crippen LogP contribution in [0.5, 0.6) is 0 Å². The number of rotatable bonds is 2. The minimum atomic E-state index is 0.947. The second kappa shape index (κ2) is 6.19. The van der Waals surface area contributed by atoms with Crippen LogP contribution in [-0.2, 0) is 0 Å². The fraction of sp³-hybridized carbons (Fsp3) is 0.474. The van der Waals surface area contributed by atoms with Crippen LogP contribution in [0.25, 0.3) is 21.9 Å². The minimum Gasteiger partial charge on any atom is -0.369 e. The lowest BCUT2D eigenvalue weighted by atomic mass is 10.1. The summed E-state index contributed by atoms with van der Waals surface area (Å²) in [5.41, 5.74) is 3.39. The maximum Gasteiger partial charge on any atom is 0.143 e. The third-order valence-electron chi connectivity index (χ3n) is 5.49. The van der Waals surface area contributed by atoms with Gasteiger partial charge in [0.05, 0.1) is 5.39 Å². The fourth-order valence-corrected chi connectivity index (χ4v) is 4.17. The van der Waals surface area contributed by atoms with Crippen LogP contribution < -0.4 is 15.1 Å². The number of anilines is 2. The van der Waals surface area contributed by atoms with Gasteiger partial charge >= 0.3 is 0 Å². The Kier molecular flexibility index (Phi) is 3.70. The van der Waals surface area contributed by atoms with E-state index < -0.39 is 0 Å². The highest BCUT2D eigenvalue weighted by molar-refractivity contribution is 6.11. The highest BCUT2D eigenvalue weighted by Crippen LogP contribution is 2.34. The SMILES string of the molecule is c1nc(N2CCCCC2)c2c(n1)[nH]c1cc(N3CCNCC3)ccc12. The van der Waals surface area contributed by atoms with Crippen molar-refractivity contribution in [2.75, 3.05) is 49.1 Å². The molecule has 1 aromatic carbocycles. The molecule has 0 bridgehead atoms. The van der Waals surface area contributed by atoms with E-state index in [-0.39, 0.29) is 0 Å². The van der Waals surface area contributed by atoms with Crippen molar-refractivity contribution in [2.45, 2.75) is 19.3 Å². The van der Waals surface area contributed by atoms with Gasteiger partial charge in [-0.05, 0) is 37.5 Å². The van der Waals surface area contributed by atoms with E-state index in [1.54, 1.807) is 6.33 Å². The van der Waals surface area contributed by atoms with E-state index in [1.807, 2.05) is 0 Å². The summed E-state index contributed by atoms with van der Waals surface area (Å²) in [6.45, 7) is 6.41. The van der Waals surface area contributed by atoms with Gasteiger partial charge in [0.1, 0.15) is 17.8 Å². The van der Waals surface area contributed by atoms with Gasteiger partial charge in [-0.3, -0.25) is 0 Å². The van der Waals surface area contributed by atoms with Crippen LogP contribution >= 0.6 is 0 Å². The average molecular weight is 336 g/mol. The first kappa shape index (κ1) is 15.0. The van der Waals surface area contributed by atoms with Crippen molar-refractivity contribution in [3.05, 3.63) is 24.5 Å². The van der Waals surface area contributed by atoms with Gasteiger partial charge in [0.25, 0.3) is 0 Å². The Labute approximate surface area is 147 Å². The van der Waals surface area contributed by atoms with E-state index in [1.165, 1.54) is 35.7 Å². The molecule has 130 valence electrons. The Hall–Kier alpha value is -2.34. The largest absolute Gasteiger partial charge is 0.369 e. The molecule has 5 rings (SSSR count). The van der Waals surface area contributed by atoms with Gasteiger partial charge in [-0.1, -0.05) is 0 Å². The van der Waals surface area contributed by atoms with Gasteiger partial charge in [0, 0.05) is 55.9 Å². The molecule has 0 amide bonds. The molecule has 2 aromatic heterocycles. The van der Waals surface area contributed by atoms with Crippen molar-refractivity contribution in [3.63, 3.8) is 0 Å². The maximum absolute atomic E-state index is 4.64. The van der Waals surface area contributed by atoms with Gasteiger partial charge in [0.2, 0.25) is 0 Å². The zero-order chi connectivity index (χ0) is 16.6. The molecule has 3 aromatic rings. The van der Waals surface area contributed by atoms with Gasteiger partial charge in [-0.2, -0.15) is 0 Å². The molecule has 4 heterocycles. The Morgan fingerprint density at radius 3 is 2.56 bits per heavy atom. The van der Waals surface area contributed by atoms with Crippen LogP contribution in [-0.4, -0.2) is 54.2 Å². The third kappa shape index (κ3) is 2.61. The Balaban J connectivity index is 1.61. The van der Waals surface area contributed by atoms with Crippen LogP contribution in [0.15, 0.2) is 24.5 Å². The molecule has 2 aliphatic heterocycles. The summed E-state index contributed by atoms with van der Waals surface area (Å²) in [6.07, 6.45) is 5.52. The van der Waals surface area contributed by atoms with Crippen molar-refractivity contribution in [3.8, 4) is 0 Å². The number of benzene rings is 1. The number of H-pyrrole nitrogens is 1. The number of aromatic nitrogens is 3. The summed E-state index contributed by atoms with van der Waals surface area (Å²) in [5.74, 6) is 1.09. The molecule has 0 saturated carbocycles. The molecule has 6 heteroatoms. The summed E-state index contributed by atoms with van der Waals surface area (Å²) in [7, 11) is 0. The average Bonchev–Trinajstić information content (AvgIpc) is 3.07. The Morgan fingerprint density at radius 2 is 1.72 bits per heavy atom. The van der Waals surface area contributed by atoms with Crippen molar-refractivity contribution in [1.29, 1.82) is 0 Å². The minimum absolute atomic E-state index is 0.947. The highest BCUT2D eigenvalue weighted by Gasteiger charge is 2.19.